The van der Waals surface area contributed by atoms with Gasteiger partial charge in [0.25, 0.3) is 0 Å². The summed E-state index contributed by atoms with van der Waals surface area (Å²) in [6.07, 6.45) is 0. The molecule has 0 bridgehead atoms. The van der Waals surface area contributed by atoms with Crippen LogP contribution in [0.25, 0.3) is 0 Å². The van der Waals surface area contributed by atoms with Crippen molar-refractivity contribution in [1.82, 2.24) is 0 Å². The summed E-state index contributed by atoms with van der Waals surface area (Å²) in [7, 11) is 0. The first-order valence-electron chi connectivity index (χ1n) is 5.21. The summed E-state index contributed by atoms with van der Waals surface area (Å²) in [5, 5.41) is 0.553. The molecule has 1 nitrogen and oxygen atoms in total. The van der Waals surface area contributed by atoms with Gasteiger partial charge in [0.2, 0.25) is 0 Å². The number of hydrogen-bond acceptors (Lipinski definition) is 2. The molecule has 94 valence electrons. The van der Waals surface area contributed by atoms with E-state index in [-0.39, 0.29) is 0 Å². The lowest BCUT2D eigenvalue weighted by Crippen LogP contribution is -1.98. The average molecular weight is 286 g/mol. The molecular formula is C13H10ClF2NS. The minimum absolute atomic E-state index is 0.336. The first-order valence-corrected chi connectivity index (χ1v) is 6.41. The standard InChI is InChI=1S/C13H10ClF2NS/c14-9-2-1-8(7-17)13(5-9)18-12-4-3-10(15)6-11(12)16/h1-6H,7,17H2. The van der Waals surface area contributed by atoms with Crippen molar-refractivity contribution < 1.29 is 8.78 Å². The van der Waals surface area contributed by atoms with Gasteiger partial charge in [0, 0.05) is 27.4 Å². The van der Waals surface area contributed by atoms with E-state index >= 15 is 0 Å². The SMILES string of the molecule is NCc1ccc(Cl)cc1Sc1ccc(F)cc1F. The molecule has 0 amide bonds. The molecule has 0 heterocycles. The predicted octanol–water partition coefficient (Wildman–Crippen LogP) is 4.23. The van der Waals surface area contributed by atoms with Gasteiger partial charge >= 0.3 is 0 Å². The maximum atomic E-state index is 13.5. The Labute approximate surface area is 113 Å². The fourth-order valence-electron chi connectivity index (χ4n) is 1.47. The Morgan fingerprint density at radius 1 is 1.06 bits per heavy atom. The summed E-state index contributed by atoms with van der Waals surface area (Å²) in [6.45, 7) is 0.336. The van der Waals surface area contributed by atoms with Gasteiger partial charge in [0.05, 0.1) is 0 Å². The number of benzene rings is 2. The van der Waals surface area contributed by atoms with Crippen molar-refractivity contribution in [3.05, 3.63) is 58.6 Å². The van der Waals surface area contributed by atoms with Crippen molar-refractivity contribution in [2.45, 2.75) is 16.3 Å². The van der Waals surface area contributed by atoms with Crippen LogP contribution >= 0.6 is 23.4 Å². The number of rotatable bonds is 3. The smallest absolute Gasteiger partial charge is 0.140 e. The Bertz CT molecular complexity index is 575. The molecule has 18 heavy (non-hydrogen) atoms. The Hall–Kier alpha value is -1.10. The van der Waals surface area contributed by atoms with Gasteiger partial charge in [-0.05, 0) is 29.8 Å². The highest BCUT2D eigenvalue weighted by molar-refractivity contribution is 7.99. The number of hydrogen-bond donors (Lipinski definition) is 1. The Morgan fingerprint density at radius 3 is 2.50 bits per heavy atom. The topological polar surface area (TPSA) is 26.0 Å². The molecule has 0 saturated heterocycles. The first kappa shape index (κ1) is 13.3. The van der Waals surface area contributed by atoms with Crippen LogP contribution in [0.1, 0.15) is 5.56 Å². The van der Waals surface area contributed by atoms with Crippen LogP contribution in [0.3, 0.4) is 0 Å². The van der Waals surface area contributed by atoms with E-state index in [0.29, 0.717) is 16.5 Å². The van der Waals surface area contributed by atoms with E-state index < -0.39 is 11.6 Å². The third-order valence-electron chi connectivity index (χ3n) is 2.36. The second-order valence-corrected chi connectivity index (χ2v) is 5.15. The van der Waals surface area contributed by atoms with Crippen molar-refractivity contribution in [3.8, 4) is 0 Å². The van der Waals surface area contributed by atoms with Gasteiger partial charge < -0.3 is 5.73 Å². The summed E-state index contributed by atoms with van der Waals surface area (Å²) < 4.78 is 26.4. The fourth-order valence-corrected chi connectivity index (χ4v) is 2.70. The lowest BCUT2D eigenvalue weighted by atomic mass is 10.2. The third-order valence-corrected chi connectivity index (χ3v) is 3.75. The van der Waals surface area contributed by atoms with Crippen LogP contribution in [0.2, 0.25) is 5.02 Å². The molecule has 2 rings (SSSR count). The third kappa shape index (κ3) is 3.02. The predicted molar refractivity (Wildman–Crippen MR) is 69.8 cm³/mol. The zero-order chi connectivity index (χ0) is 13.1. The fraction of sp³-hybridized carbons (Fsp3) is 0.0769. The second-order valence-electron chi connectivity index (χ2n) is 3.63. The van der Waals surface area contributed by atoms with Crippen LogP contribution in [0.5, 0.6) is 0 Å². The molecule has 0 atom stereocenters. The highest BCUT2D eigenvalue weighted by Crippen LogP contribution is 2.34. The van der Waals surface area contributed by atoms with Gasteiger partial charge in [-0.1, -0.05) is 29.4 Å². The highest BCUT2D eigenvalue weighted by Gasteiger charge is 2.09. The first-order chi connectivity index (χ1) is 8.60. The van der Waals surface area contributed by atoms with Crippen LogP contribution in [0.15, 0.2) is 46.2 Å². The maximum absolute atomic E-state index is 13.5. The van der Waals surface area contributed by atoms with E-state index in [4.69, 9.17) is 17.3 Å². The Morgan fingerprint density at radius 2 is 1.83 bits per heavy atom. The number of nitrogens with two attached hydrogens (primary N) is 1. The zero-order valence-corrected chi connectivity index (χ0v) is 10.9. The van der Waals surface area contributed by atoms with Crippen LogP contribution in [-0.2, 0) is 6.54 Å². The molecular weight excluding hydrogens is 276 g/mol. The molecule has 0 aliphatic rings. The monoisotopic (exact) mass is 285 g/mol. The van der Waals surface area contributed by atoms with Crippen molar-refractivity contribution in [3.63, 3.8) is 0 Å². The Balaban J connectivity index is 2.36. The molecule has 5 heteroatoms. The molecule has 2 aromatic rings. The van der Waals surface area contributed by atoms with Gasteiger partial charge in [-0.25, -0.2) is 8.78 Å². The van der Waals surface area contributed by atoms with E-state index in [1.54, 1.807) is 18.2 Å². The van der Waals surface area contributed by atoms with Crippen molar-refractivity contribution in [1.29, 1.82) is 0 Å². The largest absolute Gasteiger partial charge is 0.326 e. The molecule has 2 N–H and O–H groups in total. The van der Waals surface area contributed by atoms with E-state index in [0.717, 1.165) is 16.5 Å². The summed E-state index contributed by atoms with van der Waals surface area (Å²) in [5.74, 6) is -1.19. The van der Waals surface area contributed by atoms with Gasteiger partial charge in [-0.2, -0.15) is 0 Å². The van der Waals surface area contributed by atoms with E-state index in [1.165, 1.54) is 23.9 Å². The lowest BCUT2D eigenvalue weighted by Gasteiger charge is -2.08. The molecule has 0 aliphatic heterocycles. The summed E-state index contributed by atoms with van der Waals surface area (Å²) in [4.78, 5) is 1.11. The van der Waals surface area contributed by atoms with Gasteiger partial charge in [-0.3, -0.25) is 0 Å². The Kier molecular flexibility index (Phi) is 4.22. The molecule has 0 aromatic heterocycles. The molecule has 0 aliphatic carbocycles. The second kappa shape index (κ2) is 5.69. The van der Waals surface area contributed by atoms with E-state index in [2.05, 4.69) is 0 Å². The van der Waals surface area contributed by atoms with Crippen molar-refractivity contribution in [2.24, 2.45) is 5.73 Å². The molecule has 0 saturated carbocycles. The van der Waals surface area contributed by atoms with Crippen LogP contribution in [0, 0.1) is 11.6 Å². The lowest BCUT2D eigenvalue weighted by molar-refractivity contribution is 0.565. The van der Waals surface area contributed by atoms with Crippen molar-refractivity contribution in [2.75, 3.05) is 0 Å². The molecule has 0 radical (unpaired) electrons. The average Bonchev–Trinajstić information content (AvgIpc) is 2.33. The highest BCUT2D eigenvalue weighted by atomic mass is 35.5. The summed E-state index contributed by atoms with van der Waals surface area (Å²) in [5.41, 5.74) is 6.47. The van der Waals surface area contributed by atoms with Gasteiger partial charge in [0.15, 0.2) is 0 Å². The van der Waals surface area contributed by atoms with Crippen molar-refractivity contribution >= 4 is 23.4 Å². The van der Waals surface area contributed by atoms with Crippen LogP contribution in [0.4, 0.5) is 8.78 Å². The normalized spacial score (nSPS) is 10.7. The summed E-state index contributed by atoms with van der Waals surface area (Å²) in [6, 6.07) is 8.72. The van der Waals surface area contributed by atoms with Crippen LogP contribution < -0.4 is 5.73 Å². The zero-order valence-electron chi connectivity index (χ0n) is 9.29. The molecule has 0 spiro atoms. The molecule has 0 unspecified atom stereocenters. The quantitative estimate of drug-likeness (QED) is 0.913. The maximum Gasteiger partial charge on any atom is 0.140 e. The molecule has 2 aromatic carbocycles. The van der Waals surface area contributed by atoms with Crippen LogP contribution in [-0.4, -0.2) is 0 Å². The van der Waals surface area contributed by atoms with E-state index in [9.17, 15) is 8.78 Å². The minimum atomic E-state index is -0.595. The molecule has 0 fully saturated rings. The van der Waals surface area contributed by atoms with Gasteiger partial charge in [0.1, 0.15) is 11.6 Å². The number of halogens is 3. The van der Waals surface area contributed by atoms with Gasteiger partial charge in [-0.15, -0.1) is 0 Å². The minimum Gasteiger partial charge on any atom is -0.326 e. The van der Waals surface area contributed by atoms with E-state index in [1.807, 2.05) is 0 Å². The summed E-state index contributed by atoms with van der Waals surface area (Å²) >= 11 is 7.08.